The summed E-state index contributed by atoms with van der Waals surface area (Å²) >= 11 is 2.82. The molecule has 0 spiro atoms. The Balaban J connectivity index is 1.12. The summed E-state index contributed by atoms with van der Waals surface area (Å²) in [4.78, 5) is 59.1. The first-order chi connectivity index (χ1) is 43.2. The van der Waals surface area contributed by atoms with Gasteiger partial charge in [0.15, 0.2) is 41.8 Å². The second-order valence-corrected chi connectivity index (χ2v) is 28.6. The second-order valence-electron chi connectivity index (χ2n) is 23.4. The molecule has 2 aliphatic carbocycles. The number of nitrogens with one attached hydrogen (secondary N) is 3. The van der Waals surface area contributed by atoms with Crippen LogP contribution >= 0.6 is 55.9 Å². The van der Waals surface area contributed by atoms with Gasteiger partial charge < -0.3 is 93.4 Å². The standard InChI is InChI=1S/C62H86IN3O22S3/c1-13-65-37-28-81-43(26-41(37)77-9)86-55-50(73)48(66-88-44-25-38(68)57(34(6)82-44)90-58(75)45-31(3)47(63)53(56(80-12)52(45)78-10)87-59-51(74)54(79-11)49(72)33(5)84-59)32(4)83-60(55)85-40-18-16-14-15-17-21-62(76)27-39(69)35(24-30(2)67)46(40)36(62)20-23-89-91-61(7,8)29-64-22-19-42(70)71/h14-15,20,32-34,37-38,40-41,43-44,48-51,54-55,57,59-60,64-66,68,72-74,76H,13,19,22-29H2,1-12H3,(H,70,71)/b15-14-,36-20+/t32-,33+,34-,37+,38+,40+,41+,43+,44+,48-,49+,50+,51-,54-,55-,57-,59+,60+,62+/m1/s1. The van der Waals surface area contributed by atoms with E-state index in [4.69, 9.17) is 62.0 Å². The summed E-state index contributed by atoms with van der Waals surface area (Å²) in [6.07, 6.45) is -13.1. The largest absolute Gasteiger partial charge is 0.492 e. The molecule has 4 saturated heterocycles. The van der Waals surface area contributed by atoms with Crippen molar-refractivity contribution in [3.8, 4) is 40.9 Å². The van der Waals surface area contributed by atoms with E-state index in [1.807, 2.05) is 43.4 Å². The van der Waals surface area contributed by atoms with E-state index >= 15 is 0 Å². The third-order valence-electron chi connectivity index (χ3n) is 16.1. The summed E-state index contributed by atoms with van der Waals surface area (Å²) in [6, 6.07) is -1.28. The van der Waals surface area contributed by atoms with E-state index in [9.17, 15) is 44.7 Å². The molecule has 4 heterocycles. The summed E-state index contributed by atoms with van der Waals surface area (Å²) in [5, 5.41) is 72.9. The van der Waals surface area contributed by atoms with E-state index in [1.165, 1.54) is 62.0 Å². The summed E-state index contributed by atoms with van der Waals surface area (Å²) in [7, 11) is 8.62. The number of thioether (sulfide) groups is 1. The fourth-order valence-corrected chi connectivity index (χ4v) is 15.6. The van der Waals surface area contributed by atoms with Crippen LogP contribution in [0.15, 0.2) is 34.9 Å². The molecule has 0 saturated carbocycles. The van der Waals surface area contributed by atoms with Gasteiger partial charge in [0.2, 0.25) is 17.2 Å². The van der Waals surface area contributed by atoms with Crippen LogP contribution in [0, 0.1) is 34.2 Å². The van der Waals surface area contributed by atoms with Crippen molar-refractivity contribution in [2.45, 2.75) is 207 Å². The minimum absolute atomic E-state index is 0.0219. The van der Waals surface area contributed by atoms with Crippen LogP contribution in [0.3, 0.4) is 0 Å². The van der Waals surface area contributed by atoms with Crippen LogP contribution in [0.4, 0.5) is 0 Å². The van der Waals surface area contributed by atoms with Gasteiger partial charge in [0.25, 0.3) is 0 Å². The van der Waals surface area contributed by atoms with E-state index in [0.29, 0.717) is 28.8 Å². The maximum Gasteiger partial charge on any atom is 0.304 e. The topological polar surface area (TPSA) is 337 Å². The van der Waals surface area contributed by atoms with Crippen molar-refractivity contribution in [2.75, 3.05) is 60.4 Å². The Hall–Kier alpha value is -3.46. The molecular weight excluding hydrogens is 1360 g/mol. The maximum atomic E-state index is 14.5. The van der Waals surface area contributed by atoms with Gasteiger partial charge in [-0.2, -0.15) is 5.48 Å². The Morgan fingerprint density at radius 3 is 2.26 bits per heavy atom. The number of carbonyl (C=O) groups is 4. The number of aliphatic carboxylic acids is 1. The Morgan fingerprint density at radius 1 is 0.890 bits per heavy atom. The Kier molecular flexibility index (Phi) is 28.0. The molecule has 19 atom stereocenters. The molecule has 1 aromatic carbocycles. The predicted molar refractivity (Wildman–Crippen MR) is 345 cm³/mol. The van der Waals surface area contributed by atoms with Crippen molar-refractivity contribution in [1.29, 1.82) is 0 Å². The summed E-state index contributed by atoms with van der Waals surface area (Å²) in [5.74, 6) is 10.3. The van der Waals surface area contributed by atoms with Gasteiger partial charge in [-0.1, -0.05) is 70.0 Å². The van der Waals surface area contributed by atoms with E-state index in [0.717, 1.165) is 11.8 Å². The van der Waals surface area contributed by atoms with E-state index in [2.05, 4.69) is 39.8 Å². The number of allylic oxidation sites excluding steroid dienone is 3. The minimum atomic E-state index is -2.06. The number of likely N-dealkylation sites (N-methyl/N-ethyl adjacent to an activating group) is 1. The highest BCUT2D eigenvalue weighted by Crippen LogP contribution is 2.49. The number of rotatable bonds is 28. The van der Waals surface area contributed by atoms with Crippen molar-refractivity contribution >= 4 is 78.6 Å². The number of aliphatic hydroxyl groups is 5. The Bertz CT molecular complexity index is 2960. The molecular formula is C62H86IN3O22S3. The second kappa shape index (κ2) is 34.0. The molecule has 0 aromatic heterocycles. The number of ketones is 2. The molecule has 506 valence electrons. The van der Waals surface area contributed by atoms with Crippen LogP contribution in [0.5, 0.6) is 17.2 Å². The van der Waals surface area contributed by atoms with Gasteiger partial charge in [0, 0.05) is 73.8 Å². The molecule has 7 rings (SSSR count). The van der Waals surface area contributed by atoms with Gasteiger partial charge in [0.05, 0.1) is 90.7 Å². The molecule has 9 N–H and O–H groups in total. The first-order valence-corrected chi connectivity index (χ1v) is 34.2. The third-order valence-corrected chi connectivity index (χ3v) is 21.9. The molecule has 0 unspecified atom stereocenters. The molecule has 91 heavy (non-hydrogen) atoms. The van der Waals surface area contributed by atoms with Crippen LogP contribution in [0.2, 0.25) is 0 Å². The van der Waals surface area contributed by atoms with Crippen molar-refractivity contribution < 1.29 is 107 Å². The van der Waals surface area contributed by atoms with Crippen LogP contribution in [0.25, 0.3) is 0 Å². The fourth-order valence-electron chi connectivity index (χ4n) is 11.5. The van der Waals surface area contributed by atoms with Crippen molar-refractivity contribution in [3.05, 3.63) is 49.6 Å². The van der Waals surface area contributed by atoms with Crippen molar-refractivity contribution in [1.82, 2.24) is 16.1 Å². The van der Waals surface area contributed by atoms with Crippen LogP contribution < -0.4 is 30.3 Å². The van der Waals surface area contributed by atoms with Gasteiger partial charge >= 0.3 is 5.97 Å². The lowest BCUT2D eigenvalue weighted by molar-refractivity contribution is -0.336. The lowest BCUT2D eigenvalue weighted by Gasteiger charge is -2.46. The first-order valence-electron chi connectivity index (χ1n) is 29.9. The molecule has 1 aromatic rings. The molecule has 25 nitrogen and oxygen atoms in total. The average molecular weight is 1450 g/mol. The molecule has 29 heteroatoms. The third kappa shape index (κ3) is 18.6. The number of ether oxygens (including phenoxy) is 11. The van der Waals surface area contributed by atoms with Crippen LogP contribution in [-0.4, -0.2) is 234 Å². The zero-order chi connectivity index (χ0) is 66.6. The number of Topliss-reactive ketones (excluding diaryl/α,β-unsaturated/α-hetero) is 2. The molecule has 6 aliphatic rings. The maximum absolute atomic E-state index is 14.5. The monoisotopic (exact) mass is 1450 g/mol. The summed E-state index contributed by atoms with van der Waals surface area (Å²) in [5.41, 5.74) is 1.78. The fraction of sp³-hybridized carbons (Fsp3) is 0.677. The molecule has 2 bridgehead atoms. The number of fused-ring (bicyclic) bond motifs is 2. The highest BCUT2D eigenvalue weighted by Gasteiger charge is 2.52. The number of benzene rings is 1. The lowest BCUT2D eigenvalue weighted by atomic mass is 9.72. The molecule has 4 aliphatic heterocycles. The zero-order valence-corrected chi connectivity index (χ0v) is 57.6. The number of aliphatic hydroxyl groups excluding tert-OH is 4. The van der Waals surface area contributed by atoms with Gasteiger partial charge in [-0.15, -0.1) is 0 Å². The number of carbonyl (C=O) groups excluding carboxylic acids is 3. The highest BCUT2D eigenvalue weighted by atomic mass is 127. The van der Waals surface area contributed by atoms with E-state index in [1.54, 1.807) is 40.9 Å². The number of hydroxylamine groups is 1. The van der Waals surface area contributed by atoms with E-state index in [-0.39, 0.29) is 100 Å². The molecule has 0 amide bonds. The van der Waals surface area contributed by atoms with Gasteiger partial charge in [-0.25, -0.2) is 0 Å². The van der Waals surface area contributed by atoms with Gasteiger partial charge in [-0.3, -0.25) is 24.0 Å². The summed E-state index contributed by atoms with van der Waals surface area (Å²) in [6.45, 7) is 15.5. The predicted octanol–water partition coefficient (Wildman–Crippen LogP) is 3.43. The van der Waals surface area contributed by atoms with Crippen LogP contribution in [-0.2, 0) is 57.1 Å². The SMILES string of the molecule is CCN[C@H]1CO[C@@H](O[C@H]2[C@H](O[C@H]3C#C/C=C\C#C[C@]4(O)CC(=O)C(CC(C)=O)=C3/C4=C\CSSC(C)(C)CNCCC(=O)O)O[C@H](C)[C@@H](NO[C@H]3C[C@H](O)[C@H](SC(=O)c4c(C)c(I)c(O[C@@H]5O[C@@H](C)[C@H](O)[C@@H](OC)[C@H]5O)c(OC)c4OC)[C@@H](C)O3)[C@@H]2O)C[C@@H]1OC. The van der Waals surface area contributed by atoms with Gasteiger partial charge in [0.1, 0.15) is 42.4 Å². The quantitative estimate of drug-likeness (QED) is 0.0191. The molecule has 0 radical (unpaired) electrons. The first kappa shape index (κ1) is 74.9. The van der Waals surface area contributed by atoms with Crippen molar-refractivity contribution in [3.63, 3.8) is 0 Å². The number of carboxylic acids is 1. The van der Waals surface area contributed by atoms with Gasteiger partial charge in [-0.05, 0) is 95.3 Å². The lowest BCUT2D eigenvalue weighted by Crippen LogP contribution is -2.65. The average Bonchev–Trinajstić information content (AvgIpc) is 0.806. The number of methoxy groups -OCH3 is 4. The zero-order valence-electron chi connectivity index (χ0n) is 53.0. The van der Waals surface area contributed by atoms with Crippen molar-refractivity contribution in [2.24, 2.45) is 0 Å². The number of hydrogen-bond donors (Lipinski definition) is 9. The van der Waals surface area contributed by atoms with E-state index < -0.39 is 126 Å². The highest BCUT2D eigenvalue weighted by molar-refractivity contribution is 14.1. The minimum Gasteiger partial charge on any atom is -0.492 e. The number of carboxylic acid groups (broad SMARTS) is 1. The molecule has 4 fully saturated rings. The van der Waals surface area contributed by atoms with Crippen LogP contribution in [0.1, 0.15) is 96.5 Å². The normalized spacial score (nSPS) is 34.3. The Labute approximate surface area is 556 Å². The summed E-state index contributed by atoms with van der Waals surface area (Å²) < 4.78 is 67.6. The number of hydrogen-bond acceptors (Lipinski definition) is 27. The number of halogens is 1. The Morgan fingerprint density at radius 2 is 1.60 bits per heavy atom. The smallest absolute Gasteiger partial charge is 0.304 e.